The Hall–Kier alpha value is -0.0800. The number of nitrogens with one attached hydrogen (secondary N) is 1. The number of hydrogen-bond acceptors (Lipinski definition) is 2. The zero-order valence-electron chi connectivity index (χ0n) is 9.80. The predicted molar refractivity (Wildman–Crippen MR) is 62.9 cm³/mol. The molecule has 0 atom stereocenters. The highest BCUT2D eigenvalue weighted by atomic mass is 15.1. The van der Waals surface area contributed by atoms with E-state index >= 15 is 0 Å². The second-order valence-electron chi connectivity index (χ2n) is 5.87. The van der Waals surface area contributed by atoms with Gasteiger partial charge in [-0.05, 0) is 76.0 Å². The van der Waals surface area contributed by atoms with Gasteiger partial charge in [-0.25, -0.2) is 0 Å². The molecule has 2 nitrogen and oxygen atoms in total. The molecular formula is C13H24N2. The Morgan fingerprint density at radius 1 is 1.07 bits per heavy atom. The molecular weight excluding hydrogens is 184 g/mol. The summed E-state index contributed by atoms with van der Waals surface area (Å²) in [5.41, 5.74) is 0.812. The summed E-state index contributed by atoms with van der Waals surface area (Å²) < 4.78 is 0. The van der Waals surface area contributed by atoms with Crippen LogP contribution in [0.3, 0.4) is 0 Å². The van der Waals surface area contributed by atoms with Crippen molar-refractivity contribution >= 4 is 0 Å². The lowest BCUT2D eigenvalue weighted by Crippen LogP contribution is -2.38. The third-order valence-electron chi connectivity index (χ3n) is 4.53. The summed E-state index contributed by atoms with van der Waals surface area (Å²) in [4.78, 5) is 2.76. The topological polar surface area (TPSA) is 15.3 Å². The van der Waals surface area contributed by atoms with E-state index in [0.717, 1.165) is 11.3 Å². The predicted octanol–water partition coefficient (Wildman–Crippen LogP) is 1.86. The molecule has 0 radical (unpaired) electrons. The van der Waals surface area contributed by atoms with E-state index in [0.29, 0.717) is 0 Å². The van der Waals surface area contributed by atoms with Crippen LogP contribution in [-0.2, 0) is 0 Å². The average molecular weight is 208 g/mol. The van der Waals surface area contributed by atoms with Gasteiger partial charge in [-0.3, -0.25) is 0 Å². The number of nitrogens with zero attached hydrogens (tertiary/aromatic N) is 1. The van der Waals surface area contributed by atoms with Gasteiger partial charge in [0.25, 0.3) is 0 Å². The molecule has 1 saturated heterocycles. The Balaban J connectivity index is 1.52. The minimum Gasteiger partial charge on any atom is -0.317 e. The molecule has 2 heteroatoms. The molecule has 1 heterocycles. The van der Waals surface area contributed by atoms with Crippen molar-refractivity contribution in [1.29, 1.82) is 0 Å². The van der Waals surface area contributed by atoms with Gasteiger partial charge in [0.1, 0.15) is 0 Å². The van der Waals surface area contributed by atoms with Crippen LogP contribution in [0.25, 0.3) is 0 Å². The van der Waals surface area contributed by atoms with Crippen molar-refractivity contribution in [2.75, 3.05) is 32.7 Å². The highest BCUT2D eigenvalue weighted by molar-refractivity contribution is 5.05. The molecule has 3 aliphatic rings. The molecule has 3 rings (SSSR count). The molecule has 15 heavy (non-hydrogen) atoms. The minimum absolute atomic E-state index is 0.812. The van der Waals surface area contributed by atoms with Crippen LogP contribution in [0.15, 0.2) is 0 Å². The Morgan fingerprint density at radius 2 is 1.73 bits per heavy atom. The van der Waals surface area contributed by atoms with E-state index in [4.69, 9.17) is 0 Å². The van der Waals surface area contributed by atoms with Crippen LogP contribution in [0, 0.1) is 11.3 Å². The van der Waals surface area contributed by atoms with Crippen LogP contribution in [0.1, 0.15) is 38.5 Å². The minimum atomic E-state index is 0.812. The maximum atomic E-state index is 3.49. The van der Waals surface area contributed by atoms with E-state index in [2.05, 4.69) is 10.2 Å². The van der Waals surface area contributed by atoms with Crippen LogP contribution in [-0.4, -0.2) is 37.6 Å². The Bertz CT molecular complexity index is 211. The van der Waals surface area contributed by atoms with Crippen molar-refractivity contribution in [3.63, 3.8) is 0 Å². The van der Waals surface area contributed by atoms with Crippen LogP contribution < -0.4 is 5.32 Å². The molecule has 0 aromatic rings. The molecule has 1 N–H and O–H groups in total. The van der Waals surface area contributed by atoms with Crippen molar-refractivity contribution in [2.45, 2.75) is 38.5 Å². The standard InChI is InChI=1S/C13H24N2/c1-7-14-8-2-10-15(9-1)11-13(5-6-13)12-3-4-12/h12,14H,1-11H2. The maximum absolute atomic E-state index is 3.49. The summed E-state index contributed by atoms with van der Waals surface area (Å²) in [7, 11) is 0. The van der Waals surface area contributed by atoms with Gasteiger partial charge in [-0.2, -0.15) is 0 Å². The molecule has 0 spiro atoms. The van der Waals surface area contributed by atoms with Crippen LogP contribution in [0.5, 0.6) is 0 Å². The molecule has 0 unspecified atom stereocenters. The smallest absolute Gasteiger partial charge is 0.00406 e. The van der Waals surface area contributed by atoms with E-state index in [1.165, 1.54) is 71.2 Å². The van der Waals surface area contributed by atoms with Gasteiger partial charge in [-0.1, -0.05) is 0 Å². The van der Waals surface area contributed by atoms with E-state index in [-0.39, 0.29) is 0 Å². The lowest BCUT2D eigenvalue weighted by Gasteiger charge is -2.29. The SMILES string of the molecule is C1CNCCCN(CC2(C3CC3)CC2)C1. The van der Waals surface area contributed by atoms with Crippen molar-refractivity contribution in [2.24, 2.45) is 11.3 Å². The van der Waals surface area contributed by atoms with Crippen LogP contribution in [0.4, 0.5) is 0 Å². The summed E-state index contributed by atoms with van der Waals surface area (Å²) in [6.07, 6.45) is 8.84. The number of hydrogen-bond donors (Lipinski definition) is 1. The molecule has 2 saturated carbocycles. The lowest BCUT2D eigenvalue weighted by molar-refractivity contribution is 0.192. The fourth-order valence-corrected chi connectivity index (χ4v) is 3.25. The Kier molecular flexibility index (Phi) is 2.73. The molecule has 0 aromatic carbocycles. The highest BCUT2D eigenvalue weighted by Crippen LogP contribution is 2.61. The van der Waals surface area contributed by atoms with Gasteiger partial charge < -0.3 is 10.2 Å². The van der Waals surface area contributed by atoms with Gasteiger partial charge >= 0.3 is 0 Å². The van der Waals surface area contributed by atoms with E-state index < -0.39 is 0 Å². The molecule has 1 aliphatic heterocycles. The molecule has 3 fully saturated rings. The Morgan fingerprint density at radius 3 is 2.27 bits per heavy atom. The molecule has 0 aromatic heterocycles. The third-order valence-corrected chi connectivity index (χ3v) is 4.53. The van der Waals surface area contributed by atoms with Crippen LogP contribution >= 0.6 is 0 Å². The summed E-state index contributed by atoms with van der Waals surface area (Å²) >= 11 is 0. The van der Waals surface area contributed by atoms with Crippen molar-refractivity contribution in [3.8, 4) is 0 Å². The first-order valence-electron chi connectivity index (χ1n) is 6.82. The average Bonchev–Trinajstić information content (AvgIpc) is 3.00. The first-order chi connectivity index (χ1) is 7.39. The van der Waals surface area contributed by atoms with E-state index in [9.17, 15) is 0 Å². The van der Waals surface area contributed by atoms with Crippen molar-refractivity contribution in [3.05, 3.63) is 0 Å². The molecule has 86 valence electrons. The van der Waals surface area contributed by atoms with Crippen molar-refractivity contribution < 1.29 is 0 Å². The fraction of sp³-hybridized carbons (Fsp3) is 1.00. The zero-order chi connectivity index (χ0) is 10.1. The Labute approximate surface area is 93.4 Å². The second kappa shape index (κ2) is 4.06. The molecule has 0 amide bonds. The summed E-state index contributed by atoms with van der Waals surface area (Å²) in [6, 6.07) is 0. The van der Waals surface area contributed by atoms with Gasteiger partial charge in [0.2, 0.25) is 0 Å². The van der Waals surface area contributed by atoms with Gasteiger partial charge in [0, 0.05) is 6.54 Å². The van der Waals surface area contributed by atoms with Gasteiger partial charge in [0.15, 0.2) is 0 Å². The second-order valence-corrected chi connectivity index (χ2v) is 5.87. The quantitative estimate of drug-likeness (QED) is 0.761. The van der Waals surface area contributed by atoms with Crippen LogP contribution in [0.2, 0.25) is 0 Å². The van der Waals surface area contributed by atoms with E-state index in [1.807, 2.05) is 0 Å². The van der Waals surface area contributed by atoms with Gasteiger partial charge in [-0.15, -0.1) is 0 Å². The van der Waals surface area contributed by atoms with Gasteiger partial charge in [0.05, 0.1) is 0 Å². The first-order valence-corrected chi connectivity index (χ1v) is 6.82. The monoisotopic (exact) mass is 208 g/mol. The number of rotatable bonds is 3. The van der Waals surface area contributed by atoms with E-state index in [1.54, 1.807) is 0 Å². The highest BCUT2D eigenvalue weighted by Gasteiger charge is 2.53. The summed E-state index contributed by atoms with van der Waals surface area (Å²) in [6.45, 7) is 6.56. The summed E-state index contributed by atoms with van der Waals surface area (Å²) in [5.74, 6) is 1.13. The lowest BCUT2D eigenvalue weighted by atomic mass is 9.99. The maximum Gasteiger partial charge on any atom is 0.00406 e. The summed E-state index contributed by atoms with van der Waals surface area (Å²) in [5, 5.41) is 3.49. The van der Waals surface area contributed by atoms with Crippen molar-refractivity contribution in [1.82, 2.24) is 10.2 Å². The third kappa shape index (κ3) is 2.36. The molecule has 2 aliphatic carbocycles. The zero-order valence-corrected chi connectivity index (χ0v) is 9.80. The fourth-order valence-electron chi connectivity index (χ4n) is 3.25. The largest absolute Gasteiger partial charge is 0.317 e. The molecule has 0 bridgehead atoms. The first kappa shape index (κ1) is 10.1. The normalized spacial score (nSPS) is 32.0.